The molecule has 9 heteroatoms. The summed E-state index contributed by atoms with van der Waals surface area (Å²) in [5.74, 6) is 0.883. The predicted molar refractivity (Wildman–Crippen MR) is 105 cm³/mol. The molecule has 2 aromatic carbocycles. The van der Waals surface area contributed by atoms with Crippen molar-refractivity contribution in [1.82, 2.24) is 4.72 Å². The maximum atomic E-state index is 12.3. The number of hydrogen-bond acceptors (Lipinski definition) is 4. The maximum Gasteiger partial charge on any atom is 0.269 e. The molecule has 0 aliphatic rings. The summed E-state index contributed by atoms with van der Waals surface area (Å²) >= 11 is 0. The number of amidine groups is 1. The number of nitro groups is 1. The van der Waals surface area contributed by atoms with E-state index in [1.54, 1.807) is 0 Å². The molecule has 0 atom stereocenters. The molecule has 0 bridgehead atoms. The van der Waals surface area contributed by atoms with Crippen molar-refractivity contribution in [3.8, 4) is 0 Å². The number of aryl methyl sites for hydroxylation is 1. The molecule has 2 N–H and O–H groups in total. The van der Waals surface area contributed by atoms with E-state index in [-0.39, 0.29) is 17.1 Å². The number of likely N-dealkylation sites (N-methyl/N-ethyl adjacent to an activating group) is 1. The largest absolute Gasteiger partial charge is 0.269 e. The molecule has 0 heterocycles. The minimum absolute atomic E-state index is 0.00534. The Labute approximate surface area is 158 Å². The smallest absolute Gasteiger partial charge is 0.267 e. The summed E-state index contributed by atoms with van der Waals surface area (Å²) in [5.41, 5.74) is 1.98. The van der Waals surface area contributed by atoms with Crippen molar-refractivity contribution >= 4 is 27.2 Å². The highest BCUT2D eigenvalue weighted by Crippen LogP contribution is 2.15. The molecule has 27 heavy (non-hydrogen) atoms. The molecule has 0 fully saturated rings. The van der Waals surface area contributed by atoms with Crippen molar-refractivity contribution in [2.24, 2.45) is 0 Å². The molecule has 0 amide bonds. The Morgan fingerprint density at radius 2 is 1.67 bits per heavy atom. The number of nitrogens with zero attached hydrogens (tertiary/aromatic N) is 2. The molecule has 0 spiro atoms. The van der Waals surface area contributed by atoms with Gasteiger partial charge in [-0.1, -0.05) is 17.7 Å². The summed E-state index contributed by atoms with van der Waals surface area (Å²) in [6.07, 6.45) is 0. The second-order valence-electron chi connectivity index (χ2n) is 6.15. The SMILES string of the molecule is CC(Nc1ccc(C)cc1)=[N+](C)CCNS(=O)(=O)c1ccc([N+](=O)[O-])cc1. The van der Waals surface area contributed by atoms with E-state index in [4.69, 9.17) is 0 Å². The average molecular weight is 391 g/mol. The van der Waals surface area contributed by atoms with Crippen LogP contribution in [0.15, 0.2) is 53.4 Å². The normalized spacial score (nSPS) is 12.4. The van der Waals surface area contributed by atoms with Crippen LogP contribution in [0.1, 0.15) is 12.5 Å². The van der Waals surface area contributed by atoms with Gasteiger partial charge in [0.1, 0.15) is 5.69 Å². The van der Waals surface area contributed by atoms with Crippen LogP contribution in [0.2, 0.25) is 0 Å². The molecule has 0 unspecified atom stereocenters. The number of anilines is 1. The predicted octanol–water partition coefficient (Wildman–Crippen LogP) is 2.35. The number of nitro benzene ring substituents is 1. The first-order chi connectivity index (χ1) is 12.7. The van der Waals surface area contributed by atoms with Gasteiger partial charge in [0.15, 0.2) is 0 Å². The summed E-state index contributed by atoms with van der Waals surface area (Å²) in [7, 11) is -1.86. The van der Waals surface area contributed by atoms with Gasteiger partial charge in [-0.2, -0.15) is 0 Å². The fourth-order valence-corrected chi connectivity index (χ4v) is 3.31. The highest BCUT2D eigenvalue weighted by atomic mass is 32.2. The van der Waals surface area contributed by atoms with Crippen molar-refractivity contribution in [2.45, 2.75) is 18.7 Å². The highest BCUT2D eigenvalue weighted by molar-refractivity contribution is 7.89. The third-order valence-corrected chi connectivity index (χ3v) is 5.52. The van der Waals surface area contributed by atoms with Crippen LogP contribution in [0.5, 0.6) is 0 Å². The van der Waals surface area contributed by atoms with Gasteiger partial charge in [-0.15, -0.1) is 0 Å². The molecule has 0 saturated carbocycles. The monoisotopic (exact) mass is 391 g/mol. The number of non-ortho nitro benzene ring substituents is 1. The second-order valence-corrected chi connectivity index (χ2v) is 7.91. The summed E-state index contributed by atoms with van der Waals surface area (Å²) in [6.45, 7) is 4.58. The van der Waals surface area contributed by atoms with Crippen LogP contribution in [-0.2, 0) is 10.0 Å². The standard InChI is InChI=1S/C18H22N4O4S/c1-14-4-6-16(7-5-14)20-15(2)21(3)13-12-19-27(25,26)18-10-8-17(9-11-18)22(23)24/h4-11,19H,12-13H2,1-3H3/p+1. The lowest BCUT2D eigenvalue weighted by atomic mass is 10.2. The zero-order valence-electron chi connectivity index (χ0n) is 15.5. The van der Waals surface area contributed by atoms with Crippen molar-refractivity contribution in [3.63, 3.8) is 0 Å². The lowest BCUT2D eigenvalue weighted by Crippen LogP contribution is -2.32. The van der Waals surface area contributed by atoms with Gasteiger partial charge in [-0.25, -0.2) is 18.5 Å². The zero-order valence-corrected chi connectivity index (χ0v) is 16.3. The molecule has 8 nitrogen and oxygen atoms in total. The quantitative estimate of drug-likeness (QED) is 0.248. The number of benzene rings is 2. The maximum absolute atomic E-state index is 12.3. The van der Waals surface area contributed by atoms with E-state index < -0.39 is 14.9 Å². The minimum atomic E-state index is -3.72. The van der Waals surface area contributed by atoms with Crippen LogP contribution >= 0.6 is 0 Å². The van der Waals surface area contributed by atoms with E-state index >= 15 is 0 Å². The first-order valence-electron chi connectivity index (χ1n) is 8.31. The summed E-state index contributed by atoms with van der Waals surface area (Å²) in [4.78, 5) is 10.1. The summed E-state index contributed by atoms with van der Waals surface area (Å²) in [6, 6.07) is 12.8. The molecule has 0 radical (unpaired) electrons. The first-order valence-corrected chi connectivity index (χ1v) is 9.80. The van der Waals surface area contributed by atoms with Crippen LogP contribution in [0.3, 0.4) is 0 Å². The Kier molecular flexibility index (Phi) is 6.65. The number of hydrogen-bond donors (Lipinski definition) is 2. The van der Waals surface area contributed by atoms with Gasteiger partial charge in [0.25, 0.3) is 5.69 Å². The second kappa shape index (κ2) is 8.74. The Hall–Kier alpha value is -2.78. The Balaban J connectivity index is 1.94. The summed E-state index contributed by atoms with van der Waals surface area (Å²) in [5, 5.41) is 13.9. The van der Waals surface area contributed by atoms with Gasteiger partial charge in [-0.05, 0) is 31.2 Å². The molecular weight excluding hydrogens is 368 g/mol. The lowest BCUT2D eigenvalue weighted by Gasteiger charge is -2.09. The molecular formula is C18H23N4O4S+. The van der Waals surface area contributed by atoms with E-state index in [2.05, 4.69) is 10.0 Å². The van der Waals surface area contributed by atoms with Crippen molar-refractivity contribution in [3.05, 3.63) is 64.2 Å². The van der Waals surface area contributed by atoms with Crippen LogP contribution in [-0.4, -0.2) is 43.9 Å². The van der Waals surface area contributed by atoms with Gasteiger partial charge in [-0.3, -0.25) is 14.7 Å². The van der Waals surface area contributed by atoms with Crippen molar-refractivity contribution < 1.29 is 17.9 Å². The van der Waals surface area contributed by atoms with Gasteiger partial charge in [0, 0.05) is 25.6 Å². The van der Waals surface area contributed by atoms with Gasteiger partial charge < -0.3 is 0 Å². The Bertz CT molecular complexity index is 936. The van der Waals surface area contributed by atoms with Crippen molar-refractivity contribution in [2.75, 3.05) is 25.5 Å². The topological polar surface area (TPSA) is 104 Å². The van der Waals surface area contributed by atoms with Crippen LogP contribution in [0, 0.1) is 17.0 Å². The molecule has 0 aliphatic carbocycles. The van der Waals surface area contributed by atoms with Gasteiger partial charge in [0.05, 0.1) is 23.4 Å². The molecule has 2 rings (SSSR count). The van der Waals surface area contributed by atoms with E-state index in [1.165, 1.54) is 29.8 Å². The zero-order chi connectivity index (χ0) is 20.0. The average Bonchev–Trinajstić information content (AvgIpc) is 2.63. The van der Waals surface area contributed by atoms with Crippen molar-refractivity contribution in [1.29, 1.82) is 0 Å². The third-order valence-electron chi connectivity index (χ3n) is 4.05. The minimum Gasteiger partial charge on any atom is -0.267 e. The van der Waals surface area contributed by atoms with Gasteiger partial charge in [0.2, 0.25) is 15.9 Å². The van der Waals surface area contributed by atoms with E-state index in [9.17, 15) is 18.5 Å². The molecule has 144 valence electrons. The Morgan fingerprint density at radius 1 is 1.07 bits per heavy atom. The third kappa shape index (κ3) is 5.87. The molecule has 0 aromatic heterocycles. The van der Waals surface area contributed by atoms with E-state index in [1.807, 2.05) is 49.7 Å². The first kappa shape index (κ1) is 20.5. The van der Waals surface area contributed by atoms with Crippen LogP contribution in [0.25, 0.3) is 0 Å². The van der Waals surface area contributed by atoms with Crippen LogP contribution in [0.4, 0.5) is 11.4 Å². The van der Waals surface area contributed by atoms with Crippen LogP contribution < -0.4 is 10.0 Å². The molecule has 2 aromatic rings. The van der Waals surface area contributed by atoms with E-state index in [0.29, 0.717) is 6.54 Å². The molecule has 0 aliphatic heterocycles. The lowest BCUT2D eigenvalue weighted by molar-refractivity contribution is -0.495. The van der Waals surface area contributed by atoms with Gasteiger partial charge >= 0.3 is 0 Å². The number of rotatable bonds is 7. The fourth-order valence-electron chi connectivity index (χ4n) is 2.29. The van der Waals surface area contributed by atoms with E-state index in [0.717, 1.165) is 11.5 Å². The summed E-state index contributed by atoms with van der Waals surface area (Å²) < 4.78 is 28.9. The molecule has 0 saturated heterocycles. The number of nitrogens with one attached hydrogen (secondary N) is 2. The number of sulfonamides is 1. The Morgan fingerprint density at radius 3 is 2.22 bits per heavy atom. The fraction of sp³-hybridized carbons (Fsp3) is 0.278. The highest BCUT2D eigenvalue weighted by Gasteiger charge is 2.16.